The Labute approximate surface area is 208 Å². The van der Waals surface area contributed by atoms with E-state index in [4.69, 9.17) is 5.41 Å². The van der Waals surface area contributed by atoms with Crippen molar-refractivity contribution >= 4 is 23.0 Å². The van der Waals surface area contributed by atoms with Crippen molar-refractivity contribution in [2.75, 3.05) is 5.32 Å². The van der Waals surface area contributed by atoms with Crippen molar-refractivity contribution in [1.29, 1.82) is 5.41 Å². The number of hydrogen-bond donors (Lipinski definition) is 3. The van der Waals surface area contributed by atoms with Crippen LogP contribution in [-0.2, 0) is 11.4 Å². The van der Waals surface area contributed by atoms with Crippen molar-refractivity contribution in [2.45, 2.75) is 59.9 Å². The Bertz CT molecular complexity index is 1020. The number of benzene rings is 1. The number of carbonyl (C=O) groups is 1. The lowest BCUT2D eigenvalue weighted by Gasteiger charge is -2.20. The summed E-state index contributed by atoms with van der Waals surface area (Å²) in [7, 11) is 0. The molecule has 0 aliphatic heterocycles. The molecule has 36 heavy (non-hydrogen) atoms. The maximum Gasteiger partial charge on any atom is 0.573 e. The van der Waals surface area contributed by atoms with Crippen molar-refractivity contribution in [3.63, 3.8) is 0 Å². The van der Waals surface area contributed by atoms with Gasteiger partial charge in [-0.05, 0) is 55.2 Å². The van der Waals surface area contributed by atoms with Crippen molar-refractivity contribution < 1.29 is 32.2 Å². The summed E-state index contributed by atoms with van der Waals surface area (Å²) in [5.74, 6) is -1.45. The number of halogens is 4. The number of ketones is 1. The van der Waals surface area contributed by atoms with E-state index in [0.717, 1.165) is 12.8 Å². The molecule has 0 saturated carbocycles. The fourth-order valence-corrected chi connectivity index (χ4v) is 3.26. The second-order valence-corrected chi connectivity index (χ2v) is 8.05. The number of alkyl halides is 3. The summed E-state index contributed by atoms with van der Waals surface area (Å²) in [5.41, 5.74) is 1.95. The standard InChI is InChI=1S/C19H22F3N3O2.C7H11FO/c1-3-12(4-2)17(23)16-13(11-26)9-10-24-18(16)25-14-5-7-15(8-6-14)27-19(20,21)22;1-4-5(2)7(9)6(3)8/h5-10,12,23,26H,3-4,11H2,1-2H3,(H,24,25);5H,3-4H2,1-2H3. The van der Waals surface area contributed by atoms with E-state index in [1.165, 1.54) is 30.5 Å². The summed E-state index contributed by atoms with van der Waals surface area (Å²) in [6.45, 7) is 10.2. The Morgan fingerprint density at radius 2 is 1.72 bits per heavy atom. The minimum atomic E-state index is -4.75. The number of allylic oxidation sites excluding steroid dienone is 1. The van der Waals surface area contributed by atoms with Gasteiger partial charge in [-0.3, -0.25) is 4.79 Å². The van der Waals surface area contributed by atoms with Crippen LogP contribution in [0.4, 0.5) is 29.1 Å². The molecule has 0 aliphatic rings. The fourth-order valence-electron chi connectivity index (χ4n) is 3.26. The Hall–Kier alpha value is -3.27. The third-order valence-electron chi connectivity index (χ3n) is 5.55. The molecule has 198 valence electrons. The monoisotopic (exact) mass is 511 g/mol. The Balaban J connectivity index is 0.000000613. The van der Waals surface area contributed by atoms with E-state index < -0.39 is 18.0 Å². The molecule has 0 fully saturated rings. The first-order valence-corrected chi connectivity index (χ1v) is 11.6. The molecule has 0 radical (unpaired) electrons. The van der Waals surface area contributed by atoms with Crippen LogP contribution in [-0.4, -0.2) is 27.9 Å². The number of rotatable bonds is 11. The zero-order chi connectivity index (χ0) is 27.5. The first-order valence-electron chi connectivity index (χ1n) is 11.6. The predicted octanol–water partition coefficient (Wildman–Crippen LogP) is 7.10. The summed E-state index contributed by atoms with van der Waals surface area (Å²) < 4.78 is 52.6. The van der Waals surface area contributed by atoms with E-state index in [1.807, 2.05) is 20.8 Å². The number of Topliss-reactive ketones (excluding diaryl/α,β-unsaturated/α-hetero) is 1. The molecular weight excluding hydrogens is 478 g/mol. The molecule has 2 aromatic rings. The highest BCUT2D eigenvalue weighted by Gasteiger charge is 2.31. The summed E-state index contributed by atoms with van der Waals surface area (Å²) >= 11 is 0. The number of aliphatic hydroxyl groups is 1. The molecule has 3 N–H and O–H groups in total. The lowest BCUT2D eigenvalue weighted by Crippen LogP contribution is -2.18. The van der Waals surface area contributed by atoms with Crippen LogP contribution in [0.5, 0.6) is 5.75 Å². The van der Waals surface area contributed by atoms with Crippen molar-refractivity contribution in [1.82, 2.24) is 4.98 Å². The topological polar surface area (TPSA) is 95.3 Å². The Morgan fingerprint density at radius 1 is 1.14 bits per heavy atom. The van der Waals surface area contributed by atoms with Gasteiger partial charge in [0.25, 0.3) is 0 Å². The van der Waals surface area contributed by atoms with Crippen LogP contribution in [0.1, 0.15) is 58.1 Å². The lowest BCUT2D eigenvalue weighted by atomic mass is 9.90. The van der Waals surface area contributed by atoms with Crippen LogP contribution >= 0.6 is 0 Å². The Morgan fingerprint density at radius 3 is 2.14 bits per heavy atom. The van der Waals surface area contributed by atoms with Gasteiger partial charge in [0.15, 0.2) is 11.6 Å². The van der Waals surface area contributed by atoms with Gasteiger partial charge in [0.2, 0.25) is 0 Å². The number of anilines is 2. The average Bonchev–Trinajstić information content (AvgIpc) is 2.84. The van der Waals surface area contributed by atoms with Crippen molar-refractivity contribution in [3.8, 4) is 5.75 Å². The van der Waals surface area contributed by atoms with E-state index in [2.05, 4.69) is 21.6 Å². The van der Waals surface area contributed by atoms with Gasteiger partial charge in [-0.15, -0.1) is 13.2 Å². The van der Waals surface area contributed by atoms with Gasteiger partial charge in [0.05, 0.1) is 6.61 Å². The summed E-state index contributed by atoms with van der Waals surface area (Å²) in [4.78, 5) is 14.9. The van der Waals surface area contributed by atoms with E-state index >= 15 is 0 Å². The molecule has 0 amide bonds. The van der Waals surface area contributed by atoms with Gasteiger partial charge < -0.3 is 20.6 Å². The largest absolute Gasteiger partial charge is 0.573 e. The van der Waals surface area contributed by atoms with Gasteiger partial charge in [-0.2, -0.15) is 0 Å². The van der Waals surface area contributed by atoms with E-state index in [-0.39, 0.29) is 24.2 Å². The summed E-state index contributed by atoms with van der Waals surface area (Å²) in [6, 6.07) is 6.89. The number of nitrogens with zero attached hydrogens (tertiary/aromatic N) is 1. The molecule has 1 heterocycles. The molecule has 1 unspecified atom stereocenters. The van der Waals surface area contributed by atoms with E-state index in [1.54, 1.807) is 13.0 Å². The van der Waals surface area contributed by atoms with E-state index in [0.29, 0.717) is 34.8 Å². The van der Waals surface area contributed by atoms with Crippen LogP contribution < -0.4 is 10.1 Å². The summed E-state index contributed by atoms with van der Waals surface area (Å²) in [6.07, 6.45) is -1.01. The average molecular weight is 512 g/mol. The number of pyridine rings is 1. The van der Waals surface area contributed by atoms with Crippen LogP contribution in [0.2, 0.25) is 0 Å². The van der Waals surface area contributed by atoms with Gasteiger partial charge in [-0.25, -0.2) is 9.37 Å². The SMILES string of the molecule is C=C(F)C(=O)C(C)CC.CCC(CC)C(=N)c1c(CO)ccnc1Nc1ccc(OC(F)(F)F)cc1. The quantitative estimate of drug-likeness (QED) is 0.170. The van der Waals surface area contributed by atoms with Crippen LogP contribution in [0.15, 0.2) is 48.9 Å². The zero-order valence-electron chi connectivity index (χ0n) is 20.9. The van der Waals surface area contributed by atoms with Crippen LogP contribution in [0.3, 0.4) is 0 Å². The second-order valence-electron chi connectivity index (χ2n) is 8.05. The molecule has 0 saturated heterocycles. The van der Waals surface area contributed by atoms with Gasteiger partial charge in [0.1, 0.15) is 11.6 Å². The number of aromatic nitrogens is 1. The smallest absolute Gasteiger partial charge is 0.406 e. The summed E-state index contributed by atoms with van der Waals surface area (Å²) in [5, 5.41) is 21.2. The number of aliphatic hydroxyl groups excluding tert-OH is 1. The molecule has 0 bridgehead atoms. The highest BCUT2D eigenvalue weighted by Crippen LogP contribution is 2.29. The highest BCUT2D eigenvalue weighted by atomic mass is 19.4. The van der Waals surface area contributed by atoms with Crippen molar-refractivity contribution in [3.05, 3.63) is 60.1 Å². The molecule has 2 rings (SSSR count). The fraction of sp³-hybridized carbons (Fsp3) is 0.423. The minimum Gasteiger partial charge on any atom is -0.406 e. The number of nitrogens with one attached hydrogen (secondary N) is 2. The zero-order valence-corrected chi connectivity index (χ0v) is 20.9. The van der Waals surface area contributed by atoms with Crippen LogP contribution in [0, 0.1) is 17.2 Å². The van der Waals surface area contributed by atoms with Crippen LogP contribution in [0.25, 0.3) is 0 Å². The van der Waals surface area contributed by atoms with E-state index in [9.17, 15) is 27.5 Å². The molecule has 0 spiro atoms. The second kappa shape index (κ2) is 14.3. The maximum absolute atomic E-state index is 12.3. The first-order chi connectivity index (χ1) is 16.9. The molecule has 1 aromatic heterocycles. The predicted molar refractivity (Wildman–Crippen MR) is 132 cm³/mol. The molecule has 6 nitrogen and oxygen atoms in total. The molecule has 1 atom stereocenters. The molecule has 0 aliphatic carbocycles. The van der Waals surface area contributed by atoms with Gasteiger partial charge in [-0.1, -0.05) is 34.3 Å². The first kappa shape index (κ1) is 30.8. The molecule has 1 aromatic carbocycles. The number of ether oxygens (including phenoxy) is 1. The third-order valence-corrected chi connectivity index (χ3v) is 5.55. The Kier molecular flexibility index (Phi) is 12.2. The van der Waals surface area contributed by atoms with Gasteiger partial charge in [0, 0.05) is 35.0 Å². The third kappa shape index (κ3) is 9.41. The maximum atomic E-state index is 12.3. The lowest BCUT2D eigenvalue weighted by molar-refractivity contribution is -0.274. The normalized spacial score (nSPS) is 11.8. The molecule has 10 heteroatoms. The number of hydrogen-bond acceptors (Lipinski definition) is 6. The molecular formula is C26H33F4N3O3. The van der Waals surface area contributed by atoms with Crippen molar-refractivity contribution in [2.24, 2.45) is 11.8 Å². The minimum absolute atomic E-state index is 0.0163. The highest BCUT2D eigenvalue weighted by molar-refractivity contribution is 6.05. The number of carbonyl (C=O) groups excluding carboxylic acids is 1. The van der Waals surface area contributed by atoms with Gasteiger partial charge >= 0.3 is 6.36 Å².